The van der Waals surface area contributed by atoms with Gasteiger partial charge < -0.3 is 28.5 Å². The number of carboxylic acid groups (broad SMARTS) is 1. The van der Waals surface area contributed by atoms with Crippen LogP contribution < -0.4 is 9.47 Å². The van der Waals surface area contributed by atoms with Gasteiger partial charge in [-0.05, 0) is 43.4 Å². The van der Waals surface area contributed by atoms with Crippen molar-refractivity contribution in [1.29, 1.82) is 0 Å². The van der Waals surface area contributed by atoms with Crippen LogP contribution in [-0.2, 0) is 16.1 Å². The lowest BCUT2D eigenvalue weighted by atomic mass is 9.84. The van der Waals surface area contributed by atoms with Crippen molar-refractivity contribution in [2.24, 2.45) is 5.92 Å². The van der Waals surface area contributed by atoms with Gasteiger partial charge in [0, 0.05) is 50.5 Å². The number of unbranched alkanes of at least 4 members (excludes halogenated alkanes) is 2. The summed E-state index contributed by atoms with van der Waals surface area (Å²) in [5.41, 5.74) is 0.905. The second kappa shape index (κ2) is 13.5. The molecule has 1 fully saturated rings. The fourth-order valence-corrected chi connectivity index (χ4v) is 5.91. The summed E-state index contributed by atoms with van der Waals surface area (Å²) in [6.07, 6.45) is 9.98. The van der Waals surface area contributed by atoms with Gasteiger partial charge in [-0.25, -0.2) is 4.98 Å². The highest BCUT2D eigenvalue weighted by molar-refractivity contribution is 5.79. The van der Waals surface area contributed by atoms with E-state index < -0.39 is 11.9 Å². The van der Waals surface area contributed by atoms with Gasteiger partial charge >= 0.3 is 5.97 Å². The zero-order chi connectivity index (χ0) is 28.7. The molecule has 4 rings (SSSR count). The molecular formula is C30H46N5O5+. The zero-order valence-electron chi connectivity index (χ0n) is 24.5. The minimum Gasteiger partial charge on any atom is -0.481 e. The van der Waals surface area contributed by atoms with Gasteiger partial charge in [0.2, 0.25) is 12.7 Å². The number of carbonyl (C=O) groups is 2. The van der Waals surface area contributed by atoms with Crippen LogP contribution in [0.5, 0.6) is 11.5 Å². The smallest absolute Gasteiger partial charge is 0.308 e. The van der Waals surface area contributed by atoms with E-state index in [0.29, 0.717) is 31.0 Å². The summed E-state index contributed by atoms with van der Waals surface area (Å²) >= 11 is 0. The average Bonchev–Trinajstić information content (AvgIpc) is 3.66. The molecule has 40 heavy (non-hydrogen) atoms. The van der Waals surface area contributed by atoms with E-state index in [1.165, 1.54) is 0 Å². The maximum Gasteiger partial charge on any atom is 0.308 e. The number of imidazole rings is 1. The Bertz CT molecular complexity index is 1120. The second-order valence-corrected chi connectivity index (χ2v) is 12.1. The molecule has 2 aromatic rings. The first-order valence-corrected chi connectivity index (χ1v) is 14.6. The largest absolute Gasteiger partial charge is 0.481 e. The first-order valence-electron chi connectivity index (χ1n) is 14.6. The molecule has 10 nitrogen and oxygen atoms in total. The Morgan fingerprint density at radius 2 is 1.90 bits per heavy atom. The SMILES string of the molecule is CCCCN(CCCC[N+](C)(C)C)C(=O)CN1C[C@H](c2ccc3c(c2)OCO3)[C@@H](C(=O)O)[C@@H]1CCn1ccnc1. The number of benzene rings is 1. The van der Waals surface area contributed by atoms with Crippen molar-refractivity contribution in [1.82, 2.24) is 19.4 Å². The fourth-order valence-electron chi connectivity index (χ4n) is 5.91. The van der Waals surface area contributed by atoms with Gasteiger partial charge in [-0.3, -0.25) is 14.5 Å². The molecule has 0 unspecified atom stereocenters. The zero-order valence-corrected chi connectivity index (χ0v) is 24.5. The van der Waals surface area contributed by atoms with Crippen LogP contribution in [0.1, 0.15) is 50.5 Å². The van der Waals surface area contributed by atoms with E-state index in [-0.39, 0.29) is 31.2 Å². The topological polar surface area (TPSA) is 97.1 Å². The number of carbonyl (C=O) groups excluding carboxylic acids is 1. The van der Waals surface area contributed by atoms with E-state index in [1.54, 1.807) is 12.5 Å². The number of fused-ring (bicyclic) bond motifs is 1. The van der Waals surface area contributed by atoms with Crippen LogP contribution in [0.25, 0.3) is 0 Å². The summed E-state index contributed by atoms with van der Waals surface area (Å²) in [5, 5.41) is 10.5. The van der Waals surface area contributed by atoms with Crippen molar-refractivity contribution in [2.75, 3.05) is 60.7 Å². The molecule has 3 atom stereocenters. The molecule has 0 radical (unpaired) electrons. The predicted octanol–water partition coefficient (Wildman–Crippen LogP) is 3.29. The number of aryl methyl sites for hydroxylation is 1. The van der Waals surface area contributed by atoms with E-state index in [0.717, 1.165) is 55.4 Å². The molecule has 0 bridgehead atoms. The Morgan fingerprint density at radius 1 is 1.12 bits per heavy atom. The predicted molar refractivity (Wildman–Crippen MR) is 152 cm³/mol. The van der Waals surface area contributed by atoms with Gasteiger partial charge in [-0.15, -0.1) is 0 Å². The molecule has 2 aliphatic heterocycles. The molecule has 3 heterocycles. The Kier molecular flexibility index (Phi) is 10.1. The monoisotopic (exact) mass is 556 g/mol. The quantitative estimate of drug-likeness (QED) is 0.266. The van der Waals surface area contributed by atoms with Gasteiger partial charge in [0.1, 0.15) is 0 Å². The molecule has 1 amide bonds. The van der Waals surface area contributed by atoms with Gasteiger partial charge in [-0.2, -0.15) is 0 Å². The summed E-state index contributed by atoms with van der Waals surface area (Å²) in [6, 6.07) is 5.41. The normalized spacial score (nSPS) is 20.6. The van der Waals surface area contributed by atoms with E-state index >= 15 is 0 Å². The number of amides is 1. The van der Waals surface area contributed by atoms with Crippen LogP contribution in [0.15, 0.2) is 36.9 Å². The molecule has 220 valence electrons. The fraction of sp³-hybridized carbons (Fsp3) is 0.633. The summed E-state index contributed by atoms with van der Waals surface area (Å²) in [6.45, 7) is 6.20. The van der Waals surface area contributed by atoms with Crippen LogP contribution in [0.3, 0.4) is 0 Å². The third kappa shape index (κ3) is 7.75. The third-order valence-corrected chi connectivity index (χ3v) is 8.08. The van der Waals surface area contributed by atoms with Crippen LogP contribution in [-0.4, -0.2) is 108 Å². The van der Waals surface area contributed by atoms with E-state index in [2.05, 4.69) is 38.0 Å². The van der Waals surface area contributed by atoms with Crippen molar-refractivity contribution in [2.45, 2.75) is 57.5 Å². The van der Waals surface area contributed by atoms with Gasteiger partial charge in [0.15, 0.2) is 11.5 Å². The number of likely N-dealkylation sites (tertiary alicyclic amines) is 1. The van der Waals surface area contributed by atoms with Crippen molar-refractivity contribution in [3.05, 3.63) is 42.5 Å². The first-order chi connectivity index (χ1) is 19.2. The molecule has 0 aliphatic carbocycles. The molecule has 1 saturated heterocycles. The van der Waals surface area contributed by atoms with E-state index in [4.69, 9.17) is 9.47 Å². The number of quaternary nitrogens is 1. The van der Waals surface area contributed by atoms with Gasteiger partial charge in [-0.1, -0.05) is 19.4 Å². The van der Waals surface area contributed by atoms with Crippen LogP contribution in [0.4, 0.5) is 0 Å². The van der Waals surface area contributed by atoms with Crippen LogP contribution in [0.2, 0.25) is 0 Å². The Morgan fingerprint density at radius 3 is 2.60 bits per heavy atom. The Labute approximate surface area is 238 Å². The second-order valence-electron chi connectivity index (χ2n) is 12.1. The number of carboxylic acids is 1. The molecule has 2 aliphatic rings. The lowest BCUT2D eigenvalue weighted by Crippen LogP contribution is -2.45. The average molecular weight is 557 g/mol. The lowest BCUT2D eigenvalue weighted by molar-refractivity contribution is -0.870. The Balaban J connectivity index is 1.52. The number of aliphatic carboxylic acids is 1. The van der Waals surface area contributed by atoms with Gasteiger partial charge in [0.25, 0.3) is 0 Å². The molecule has 1 N–H and O–H groups in total. The van der Waals surface area contributed by atoms with E-state index in [9.17, 15) is 14.7 Å². The van der Waals surface area contributed by atoms with Crippen LogP contribution in [0, 0.1) is 5.92 Å². The maximum atomic E-state index is 13.7. The standard InChI is InChI=1S/C30H45N5O5/c1-5-6-13-33(14-7-8-17-35(2,3)4)28(36)20-34-19-24(23-9-10-26-27(18-23)40-22-39-26)29(30(37)38)25(34)11-15-32-16-12-31-21-32/h9-10,12,16,18,21,24-25,29H,5-8,11,13-15,17,19-20,22H2,1-4H3/p+1/t24-,25+,29-/m1/s1. The number of hydrogen-bond acceptors (Lipinski definition) is 6. The van der Waals surface area contributed by atoms with Crippen molar-refractivity contribution >= 4 is 11.9 Å². The minimum atomic E-state index is -0.837. The minimum absolute atomic E-state index is 0.0850. The number of ether oxygens (including phenoxy) is 2. The van der Waals surface area contributed by atoms with Crippen molar-refractivity contribution < 1.29 is 28.7 Å². The number of nitrogens with zero attached hydrogens (tertiary/aromatic N) is 5. The highest BCUT2D eigenvalue weighted by Crippen LogP contribution is 2.42. The van der Waals surface area contributed by atoms with Crippen molar-refractivity contribution in [3.63, 3.8) is 0 Å². The molecular weight excluding hydrogens is 510 g/mol. The third-order valence-electron chi connectivity index (χ3n) is 8.08. The lowest BCUT2D eigenvalue weighted by Gasteiger charge is -2.30. The highest BCUT2D eigenvalue weighted by Gasteiger charge is 2.47. The summed E-state index contributed by atoms with van der Waals surface area (Å²) in [5.74, 6) is -0.343. The number of aromatic nitrogens is 2. The van der Waals surface area contributed by atoms with Gasteiger partial charge in [0.05, 0.1) is 46.5 Å². The number of hydrogen-bond donors (Lipinski definition) is 1. The summed E-state index contributed by atoms with van der Waals surface area (Å²) < 4.78 is 13.9. The maximum absolute atomic E-state index is 13.7. The van der Waals surface area contributed by atoms with E-state index in [1.807, 2.05) is 33.9 Å². The molecule has 10 heteroatoms. The first kappa shape index (κ1) is 29.9. The summed E-state index contributed by atoms with van der Waals surface area (Å²) in [4.78, 5) is 34.7. The highest BCUT2D eigenvalue weighted by atomic mass is 16.7. The summed E-state index contributed by atoms with van der Waals surface area (Å²) in [7, 11) is 6.56. The Hall–Kier alpha value is -3.11. The van der Waals surface area contributed by atoms with Crippen molar-refractivity contribution in [3.8, 4) is 11.5 Å². The van der Waals surface area contributed by atoms with Crippen LogP contribution >= 0.6 is 0 Å². The number of rotatable bonds is 15. The molecule has 0 spiro atoms. The molecule has 1 aromatic heterocycles. The molecule has 1 aromatic carbocycles. The molecule has 0 saturated carbocycles.